The summed E-state index contributed by atoms with van der Waals surface area (Å²) in [5.41, 5.74) is 0.553. The maximum Gasteiger partial charge on any atom is 0.306 e. The van der Waals surface area contributed by atoms with Gasteiger partial charge >= 0.3 is 5.97 Å². The molecule has 1 aliphatic carbocycles. The van der Waals surface area contributed by atoms with Gasteiger partial charge in [0.25, 0.3) is 5.91 Å². The van der Waals surface area contributed by atoms with Crippen LogP contribution in [0.4, 0.5) is 0 Å². The van der Waals surface area contributed by atoms with Crippen molar-refractivity contribution in [2.24, 2.45) is 11.8 Å². The summed E-state index contributed by atoms with van der Waals surface area (Å²) in [7, 11) is 0. The Kier molecular flexibility index (Phi) is 4.49. The zero-order valence-corrected chi connectivity index (χ0v) is 10.7. The molecular weight excluding hydrogens is 244 g/mol. The Hall–Kier alpha value is -1.91. The Labute approximate surface area is 112 Å². The molecule has 1 aromatic heterocycles. The van der Waals surface area contributed by atoms with Crippen LogP contribution in [0.3, 0.4) is 0 Å². The predicted octanol–water partition coefficient (Wildman–Crippen LogP) is 1.70. The van der Waals surface area contributed by atoms with E-state index in [4.69, 9.17) is 5.11 Å². The molecule has 1 aliphatic rings. The molecule has 1 amide bonds. The van der Waals surface area contributed by atoms with Crippen LogP contribution in [0.5, 0.6) is 0 Å². The Morgan fingerprint density at radius 1 is 1.26 bits per heavy atom. The van der Waals surface area contributed by atoms with E-state index in [1.165, 1.54) is 0 Å². The Bertz CT molecular complexity index is 447. The lowest BCUT2D eigenvalue weighted by atomic mass is 9.79. The van der Waals surface area contributed by atoms with E-state index in [-0.39, 0.29) is 17.7 Å². The summed E-state index contributed by atoms with van der Waals surface area (Å²) in [6.45, 7) is 0.429. The van der Waals surface area contributed by atoms with Gasteiger partial charge in [0.05, 0.1) is 5.92 Å². The second kappa shape index (κ2) is 6.31. The normalized spacial score (nSPS) is 22.7. The van der Waals surface area contributed by atoms with Crippen molar-refractivity contribution in [2.45, 2.75) is 25.7 Å². The number of pyridine rings is 1. The first kappa shape index (κ1) is 13.5. The van der Waals surface area contributed by atoms with Gasteiger partial charge in [0, 0.05) is 24.5 Å². The largest absolute Gasteiger partial charge is 0.481 e. The number of hydrogen-bond acceptors (Lipinski definition) is 3. The van der Waals surface area contributed by atoms with Crippen molar-refractivity contribution in [2.75, 3.05) is 6.54 Å². The first-order chi connectivity index (χ1) is 9.18. The van der Waals surface area contributed by atoms with Gasteiger partial charge in [0.15, 0.2) is 0 Å². The third kappa shape index (κ3) is 3.53. The van der Waals surface area contributed by atoms with Crippen LogP contribution in [0, 0.1) is 11.8 Å². The molecule has 0 aliphatic heterocycles. The summed E-state index contributed by atoms with van der Waals surface area (Å²) in [5, 5.41) is 12.0. The van der Waals surface area contributed by atoms with Crippen LogP contribution >= 0.6 is 0 Å². The molecule has 102 valence electrons. The summed E-state index contributed by atoms with van der Waals surface area (Å²) >= 11 is 0. The lowest BCUT2D eigenvalue weighted by molar-refractivity contribution is -0.144. The lowest BCUT2D eigenvalue weighted by Crippen LogP contribution is -2.37. The molecule has 2 rings (SSSR count). The third-order valence-corrected chi connectivity index (χ3v) is 3.69. The molecule has 19 heavy (non-hydrogen) atoms. The van der Waals surface area contributed by atoms with Gasteiger partial charge < -0.3 is 10.4 Å². The highest BCUT2D eigenvalue weighted by atomic mass is 16.4. The summed E-state index contributed by atoms with van der Waals surface area (Å²) in [6.07, 6.45) is 6.72. The van der Waals surface area contributed by atoms with Gasteiger partial charge in [-0.05, 0) is 30.9 Å². The Morgan fingerprint density at radius 2 is 1.95 bits per heavy atom. The molecule has 1 saturated carbocycles. The van der Waals surface area contributed by atoms with Gasteiger partial charge in [-0.25, -0.2) is 0 Å². The molecule has 1 fully saturated rings. The van der Waals surface area contributed by atoms with E-state index >= 15 is 0 Å². The zero-order valence-electron chi connectivity index (χ0n) is 10.7. The molecule has 1 heterocycles. The number of carbonyl (C=O) groups excluding carboxylic acids is 1. The van der Waals surface area contributed by atoms with Crippen molar-refractivity contribution in [1.82, 2.24) is 10.3 Å². The maximum atomic E-state index is 11.9. The standard InChI is InChI=1S/C14H18N2O3/c17-13(10-5-7-15-8-6-10)16-9-11-3-1-2-4-12(11)14(18)19/h5-8,11-12H,1-4,9H2,(H,16,17)(H,18,19)/t11-,12-/m0/s1. The SMILES string of the molecule is O=C(NC[C@@H]1CCCC[C@@H]1C(=O)O)c1ccncc1. The highest BCUT2D eigenvalue weighted by Crippen LogP contribution is 2.29. The summed E-state index contributed by atoms with van der Waals surface area (Å²) in [6, 6.07) is 3.29. The fourth-order valence-corrected chi connectivity index (χ4v) is 2.61. The first-order valence-corrected chi connectivity index (χ1v) is 6.59. The van der Waals surface area contributed by atoms with E-state index in [1.54, 1.807) is 24.5 Å². The fraction of sp³-hybridized carbons (Fsp3) is 0.500. The van der Waals surface area contributed by atoms with Gasteiger partial charge in [0.2, 0.25) is 0 Å². The van der Waals surface area contributed by atoms with E-state index in [1.807, 2.05) is 0 Å². The minimum atomic E-state index is -0.747. The van der Waals surface area contributed by atoms with E-state index in [2.05, 4.69) is 10.3 Å². The third-order valence-electron chi connectivity index (χ3n) is 3.69. The second-order valence-electron chi connectivity index (χ2n) is 4.94. The quantitative estimate of drug-likeness (QED) is 0.865. The van der Waals surface area contributed by atoms with Crippen molar-refractivity contribution >= 4 is 11.9 Å². The molecule has 1 aromatic rings. The number of hydrogen-bond donors (Lipinski definition) is 2. The molecule has 0 radical (unpaired) electrons. The van der Waals surface area contributed by atoms with Crippen molar-refractivity contribution in [3.63, 3.8) is 0 Å². The van der Waals surface area contributed by atoms with Gasteiger partial charge in [0.1, 0.15) is 0 Å². The van der Waals surface area contributed by atoms with Crippen LogP contribution in [-0.2, 0) is 4.79 Å². The topological polar surface area (TPSA) is 79.3 Å². The second-order valence-corrected chi connectivity index (χ2v) is 4.94. The minimum Gasteiger partial charge on any atom is -0.481 e. The number of amides is 1. The number of rotatable bonds is 4. The summed E-state index contributed by atoms with van der Waals surface area (Å²) in [5.74, 6) is -1.21. The number of aliphatic carboxylic acids is 1. The first-order valence-electron chi connectivity index (χ1n) is 6.59. The van der Waals surface area contributed by atoms with Crippen LogP contribution in [0.15, 0.2) is 24.5 Å². The number of aromatic nitrogens is 1. The molecule has 0 unspecified atom stereocenters. The maximum absolute atomic E-state index is 11.9. The van der Waals surface area contributed by atoms with Gasteiger partial charge in [-0.3, -0.25) is 14.6 Å². The van der Waals surface area contributed by atoms with Crippen LogP contribution in [-0.4, -0.2) is 28.5 Å². The molecule has 0 saturated heterocycles. The predicted molar refractivity (Wildman–Crippen MR) is 69.7 cm³/mol. The highest BCUT2D eigenvalue weighted by molar-refractivity contribution is 5.93. The van der Waals surface area contributed by atoms with Crippen molar-refractivity contribution < 1.29 is 14.7 Å². The minimum absolute atomic E-state index is 0.0389. The number of nitrogens with zero attached hydrogens (tertiary/aromatic N) is 1. The van der Waals surface area contributed by atoms with E-state index < -0.39 is 5.97 Å². The van der Waals surface area contributed by atoms with Gasteiger partial charge in [-0.1, -0.05) is 12.8 Å². The van der Waals surface area contributed by atoms with Crippen LogP contribution in [0.2, 0.25) is 0 Å². The van der Waals surface area contributed by atoms with Crippen molar-refractivity contribution in [3.8, 4) is 0 Å². The van der Waals surface area contributed by atoms with Crippen molar-refractivity contribution in [3.05, 3.63) is 30.1 Å². The Morgan fingerprint density at radius 3 is 2.63 bits per heavy atom. The molecule has 2 atom stereocenters. The average Bonchev–Trinajstić information content (AvgIpc) is 2.46. The molecule has 2 N–H and O–H groups in total. The fourth-order valence-electron chi connectivity index (χ4n) is 2.61. The number of carbonyl (C=O) groups is 2. The van der Waals surface area contributed by atoms with E-state index in [0.29, 0.717) is 18.5 Å². The number of carboxylic acid groups (broad SMARTS) is 1. The van der Waals surface area contributed by atoms with Gasteiger partial charge in [-0.2, -0.15) is 0 Å². The number of nitrogens with one attached hydrogen (secondary N) is 1. The summed E-state index contributed by atoms with van der Waals surface area (Å²) < 4.78 is 0. The van der Waals surface area contributed by atoms with Crippen LogP contribution < -0.4 is 5.32 Å². The molecule has 5 nitrogen and oxygen atoms in total. The van der Waals surface area contributed by atoms with Crippen LogP contribution in [0.1, 0.15) is 36.0 Å². The highest BCUT2D eigenvalue weighted by Gasteiger charge is 2.30. The average molecular weight is 262 g/mol. The summed E-state index contributed by atoms with van der Waals surface area (Å²) in [4.78, 5) is 26.9. The zero-order chi connectivity index (χ0) is 13.7. The Balaban J connectivity index is 1.90. The van der Waals surface area contributed by atoms with Crippen molar-refractivity contribution in [1.29, 1.82) is 0 Å². The molecule has 0 bridgehead atoms. The number of carboxylic acids is 1. The van der Waals surface area contributed by atoms with Crippen LogP contribution in [0.25, 0.3) is 0 Å². The van der Waals surface area contributed by atoms with E-state index in [0.717, 1.165) is 19.3 Å². The smallest absolute Gasteiger partial charge is 0.306 e. The molecule has 0 spiro atoms. The monoisotopic (exact) mass is 262 g/mol. The lowest BCUT2D eigenvalue weighted by Gasteiger charge is -2.28. The molecule has 5 heteroatoms. The van der Waals surface area contributed by atoms with Gasteiger partial charge in [-0.15, -0.1) is 0 Å². The van der Waals surface area contributed by atoms with E-state index in [9.17, 15) is 9.59 Å². The molecular formula is C14H18N2O3. The molecule has 0 aromatic carbocycles.